The van der Waals surface area contributed by atoms with E-state index in [1.165, 1.54) is 0 Å². The fourth-order valence-electron chi connectivity index (χ4n) is 0.625. The zero-order chi connectivity index (χ0) is 5.98. The second kappa shape index (κ2) is 2.62. The molecule has 1 unspecified atom stereocenters. The Labute approximate surface area is 51.5 Å². The van der Waals surface area contributed by atoms with E-state index in [-0.39, 0.29) is 6.29 Å². The number of ether oxygens (including phenoxy) is 1. The average Bonchev–Trinajstić information content (AvgIpc) is 1.55. The van der Waals surface area contributed by atoms with Crippen LogP contribution in [0.4, 0.5) is 0 Å². The molecule has 0 amide bonds. The van der Waals surface area contributed by atoms with Crippen LogP contribution >= 0.6 is 0 Å². The van der Waals surface area contributed by atoms with Crippen LogP contribution in [0.25, 0.3) is 0 Å². The molecular formula is C5H12O2Si. The molecule has 8 heavy (non-hydrogen) atoms. The molecule has 1 atom stereocenters. The zero-order valence-corrected chi connectivity index (χ0v) is 6.54. The minimum atomic E-state index is -0.820. The molecule has 0 N–H and O–H groups in total. The van der Waals surface area contributed by atoms with Gasteiger partial charge in [-0.05, 0) is 13.1 Å². The van der Waals surface area contributed by atoms with E-state index in [0.717, 1.165) is 13.0 Å². The Morgan fingerprint density at radius 1 is 1.62 bits per heavy atom. The van der Waals surface area contributed by atoms with Crippen molar-refractivity contribution in [3.8, 4) is 0 Å². The Balaban J connectivity index is 2.01. The van der Waals surface area contributed by atoms with Gasteiger partial charge in [-0.2, -0.15) is 0 Å². The van der Waals surface area contributed by atoms with Gasteiger partial charge in [0.05, 0.1) is 6.61 Å². The van der Waals surface area contributed by atoms with Gasteiger partial charge < -0.3 is 9.16 Å². The van der Waals surface area contributed by atoms with Gasteiger partial charge in [0.1, 0.15) is 6.29 Å². The SMILES string of the molecule is C[SiH](C)OC1CCO1. The van der Waals surface area contributed by atoms with Crippen molar-refractivity contribution in [2.75, 3.05) is 6.61 Å². The molecule has 0 radical (unpaired) electrons. The topological polar surface area (TPSA) is 18.5 Å². The fraction of sp³-hybridized carbons (Fsp3) is 1.00. The summed E-state index contributed by atoms with van der Waals surface area (Å²) in [5.74, 6) is 0. The maximum Gasteiger partial charge on any atom is 0.174 e. The van der Waals surface area contributed by atoms with Crippen LogP contribution in [0.5, 0.6) is 0 Å². The summed E-state index contributed by atoms with van der Waals surface area (Å²) in [7, 11) is -0.820. The third kappa shape index (κ3) is 1.58. The number of hydrogen-bond acceptors (Lipinski definition) is 2. The van der Waals surface area contributed by atoms with E-state index in [0.29, 0.717) is 0 Å². The molecule has 1 aliphatic rings. The predicted octanol–water partition coefficient (Wildman–Crippen LogP) is 0.733. The van der Waals surface area contributed by atoms with Crippen LogP contribution in [-0.4, -0.2) is 21.9 Å². The van der Waals surface area contributed by atoms with Gasteiger partial charge in [0.15, 0.2) is 9.04 Å². The summed E-state index contributed by atoms with van der Waals surface area (Å²) >= 11 is 0. The Morgan fingerprint density at radius 3 is 2.38 bits per heavy atom. The lowest BCUT2D eigenvalue weighted by Crippen LogP contribution is -2.33. The van der Waals surface area contributed by atoms with Crippen molar-refractivity contribution in [1.29, 1.82) is 0 Å². The van der Waals surface area contributed by atoms with Crippen molar-refractivity contribution >= 4 is 9.04 Å². The normalized spacial score (nSPS) is 28.1. The first kappa shape index (κ1) is 6.26. The molecule has 1 saturated heterocycles. The van der Waals surface area contributed by atoms with E-state index in [9.17, 15) is 0 Å². The summed E-state index contributed by atoms with van der Waals surface area (Å²) in [6.45, 7) is 5.20. The van der Waals surface area contributed by atoms with Gasteiger partial charge in [-0.3, -0.25) is 0 Å². The third-order valence-corrected chi connectivity index (χ3v) is 1.93. The molecule has 2 nitrogen and oxygen atoms in total. The van der Waals surface area contributed by atoms with Gasteiger partial charge >= 0.3 is 0 Å². The van der Waals surface area contributed by atoms with E-state index >= 15 is 0 Å². The average molecular weight is 132 g/mol. The maximum absolute atomic E-state index is 5.40. The van der Waals surface area contributed by atoms with Crippen molar-refractivity contribution < 1.29 is 9.16 Å². The monoisotopic (exact) mass is 132 g/mol. The lowest BCUT2D eigenvalue weighted by Gasteiger charge is -2.28. The first-order valence-corrected chi connectivity index (χ1v) is 5.84. The standard InChI is InChI=1S/C5H12O2Si/c1-8(2)7-5-3-4-6-5/h5,8H,3-4H2,1-2H3. The Bertz CT molecular complexity index is 70.8. The molecule has 48 valence electrons. The van der Waals surface area contributed by atoms with Gasteiger partial charge in [0, 0.05) is 6.42 Å². The molecule has 0 saturated carbocycles. The smallest absolute Gasteiger partial charge is 0.174 e. The van der Waals surface area contributed by atoms with Crippen LogP contribution in [0, 0.1) is 0 Å². The Kier molecular flexibility index (Phi) is 2.05. The molecule has 0 aliphatic carbocycles. The highest BCUT2D eigenvalue weighted by Gasteiger charge is 2.19. The highest BCUT2D eigenvalue weighted by molar-refractivity contribution is 6.48. The van der Waals surface area contributed by atoms with Gasteiger partial charge in [-0.15, -0.1) is 0 Å². The molecule has 0 aromatic heterocycles. The van der Waals surface area contributed by atoms with Crippen molar-refractivity contribution in [1.82, 2.24) is 0 Å². The van der Waals surface area contributed by atoms with Crippen molar-refractivity contribution in [3.63, 3.8) is 0 Å². The maximum atomic E-state index is 5.40. The van der Waals surface area contributed by atoms with E-state index in [2.05, 4.69) is 13.1 Å². The van der Waals surface area contributed by atoms with E-state index < -0.39 is 9.04 Å². The van der Waals surface area contributed by atoms with Crippen molar-refractivity contribution in [2.24, 2.45) is 0 Å². The van der Waals surface area contributed by atoms with Gasteiger partial charge in [-0.1, -0.05) is 0 Å². The summed E-state index contributed by atoms with van der Waals surface area (Å²) in [6.07, 6.45) is 1.27. The molecule has 1 heterocycles. The summed E-state index contributed by atoms with van der Waals surface area (Å²) < 4.78 is 10.5. The van der Waals surface area contributed by atoms with E-state index in [4.69, 9.17) is 9.16 Å². The first-order valence-electron chi connectivity index (χ1n) is 3.06. The minimum absolute atomic E-state index is 0.168. The van der Waals surface area contributed by atoms with Crippen molar-refractivity contribution in [2.45, 2.75) is 25.8 Å². The quantitative estimate of drug-likeness (QED) is 0.516. The van der Waals surface area contributed by atoms with Crippen LogP contribution in [0.3, 0.4) is 0 Å². The second-order valence-electron chi connectivity index (χ2n) is 2.27. The molecule has 1 aliphatic heterocycles. The van der Waals surface area contributed by atoms with Crippen LogP contribution in [0.2, 0.25) is 13.1 Å². The summed E-state index contributed by atoms with van der Waals surface area (Å²) in [5, 5.41) is 0. The Morgan fingerprint density at radius 2 is 2.25 bits per heavy atom. The molecule has 1 fully saturated rings. The first-order chi connectivity index (χ1) is 3.79. The molecule has 3 heteroatoms. The van der Waals surface area contributed by atoms with Gasteiger partial charge in [-0.25, -0.2) is 0 Å². The van der Waals surface area contributed by atoms with E-state index in [1.807, 2.05) is 0 Å². The lowest BCUT2D eigenvalue weighted by molar-refractivity contribution is -0.167. The predicted molar refractivity (Wildman–Crippen MR) is 34.3 cm³/mol. The fourth-order valence-corrected chi connectivity index (χ4v) is 1.45. The highest BCUT2D eigenvalue weighted by Crippen LogP contribution is 2.12. The third-order valence-electron chi connectivity index (χ3n) is 1.08. The van der Waals surface area contributed by atoms with Gasteiger partial charge in [0.25, 0.3) is 0 Å². The van der Waals surface area contributed by atoms with Crippen LogP contribution in [0.1, 0.15) is 6.42 Å². The van der Waals surface area contributed by atoms with Crippen LogP contribution in [0.15, 0.2) is 0 Å². The van der Waals surface area contributed by atoms with Crippen LogP contribution in [-0.2, 0) is 9.16 Å². The molecule has 0 aromatic carbocycles. The van der Waals surface area contributed by atoms with Crippen molar-refractivity contribution in [3.05, 3.63) is 0 Å². The minimum Gasteiger partial charge on any atom is -0.396 e. The molecule has 0 spiro atoms. The Hall–Kier alpha value is 0.137. The molecule has 0 bridgehead atoms. The van der Waals surface area contributed by atoms with E-state index in [1.54, 1.807) is 0 Å². The van der Waals surface area contributed by atoms with Gasteiger partial charge in [0.2, 0.25) is 0 Å². The number of rotatable bonds is 2. The van der Waals surface area contributed by atoms with Crippen LogP contribution < -0.4 is 0 Å². The number of hydrogen-bond donors (Lipinski definition) is 0. The summed E-state index contributed by atoms with van der Waals surface area (Å²) in [5.41, 5.74) is 0. The summed E-state index contributed by atoms with van der Waals surface area (Å²) in [6, 6.07) is 0. The zero-order valence-electron chi connectivity index (χ0n) is 5.39. The summed E-state index contributed by atoms with van der Waals surface area (Å²) in [4.78, 5) is 0. The molecule has 0 aromatic rings. The lowest BCUT2D eigenvalue weighted by atomic mass is 10.4. The molecular weight excluding hydrogens is 120 g/mol. The molecule has 1 rings (SSSR count). The highest BCUT2D eigenvalue weighted by atomic mass is 28.3. The largest absolute Gasteiger partial charge is 0.396 e. The second-order valence-corrected chi connectivity index (χ2v) is 4.64.